The summed E-state index contributed by atoms with van der Waals surface area (Å²) >= 11 is 0. The Kier molecular flexibility index (Phi) is 6.41. The van der Waals surface area contributed by atoms with Gasteiger partial charge in [-0.3, -0.25) is 4.79 Å². The second-order valence-corrected chi connectivity index (χ2v) is 6.16. The first-order valence-electron chi connectivity index (χ1n) is 8.95. The molecule has 3 aromatic carbocycles. The summed E-state index contributed by atoms with van der Waals surface area (Å²) in [5, 5.41) is 2.76. The number of carbonyl (C=O) groups is 2. The molecule has 0 spiro atoms. The Hall–Kier alpha value is -3.60. The van der Waals surface area contributed by atoms with Gasteiger partial charge in [0.25, 0.3) is 5.91 Å². The maximum absolute atomic E-state index is 12.4. The van der Waals surface area contributed by atoms with Crippen LogP contribution >= 0.6 is 0 Å². The number of hydrogen-bond acceptors (Lipinski definition) is 4. The molecule has 0 saturated heterocycles. The van der Waals surface area contributed by atoms with Crippen molar-refractivity contribution in [2.75, 3.05) is 18.5 Å². The van der Waals surface area contributed by atoms with Crippen molar-refractivity contribution in [1.29, 1.82) is 0 Å². The van der Waals surface area contributed by atoms with Crippen LogP contribution in [0.3, 0.4) is 0 Å². The minimum Gasteiger partial charge on any atom is -0.490 e. The van der Waals surface area contributed by atoms with Crippen molar-refractivity contribution >= 4 is 17.6 Å². The van der Waals surface area contributed by atoms with Crippen molar-refractivity contribution in [1.82, 2.24) is 0 Å². The van der Waals surface area contributed by atoms with Crippen molar-refractivity contribution in [2.24, 2.45) is 0 Å². The predicted molar refractivity (Wildman–Crippen MR) is 108 cm³/mol. The Morgan fingerprint density at radius 3 is 2.25 bits per heavy atom. The SMILES string of the molecule is Cc1ccc(OCCOC(=O)c2ccccc2NC(=O)c2ccccc2)cc1. The largest absolute Gasteiger partial charge is 0.490 e. The molecule has 0 radical (unpaired) electrons. The molecular weight excluding hydrogens is 354 g/mol. The Labute approximate surface area is 163 Å². The highest BCUT2D eigenvalue weighted by Gasteiger charge is 2.15. The maximum atomic E-state index is 12.4. The van der Waals surface area contributed by atoms with Crippen LogP contribution in [0.25, 0.3) is 0 Å². The van der Waals surface area contributed by atoms with Crippen LogP contribution in [0.4, 0.5) is 5.69 Å². The van der Waals surface area contributed by atoms with E-state index >= 15 is 0 Å². The van der Waals surface area contributed by atoms with Gasteiger partial charge in [0.1, 0.15) is 19.0 Å². The van der Waals surface area contributed by atoms with Crippen molar-refractivity contribution in [2.45, 2.75) is 6.92 Å². The van der Waals surface area contributed by atoms with Gasteiger partial charge in [0.15, 0.2) is 0 Å². The van der Waals surface area contributed by atoms with Gasteiger partial charge in [0.2, 0.25) is 0 Å². The number of esters is 1. The van der Waals surface area contributed by atoms with Gasteiger partial charge in [-0.05, 0) is 43.3 Å². The summed E-state index contributed by atoms with van der Waals surface area (Å²) in [5.41, 5.74) is 2.35. The summed E-state index contributed by atoms with van der Waals surface area (Å²) in [7, 11) is 0. The first-order valence-corrected chi connectivity index (χ1v) is 8.95. The fourth-order valence-corrected chi connectivity index (χ4v) is 2.56. The summed E-state index contributed by atoms with van der Waals surface area (Å²) in [6.07, 6.45) is 0. The van der Waals surface area contributed by atoms with Crippen LogP contribution < -0.4 is 10.1 Å². The lowest BCUT2D eigenvalue weighted by Crippen LogP contribution is -2.17. The fraction of sp³-hybridized carbons (Fsp3) is 0.130. The maximum Gasteiger partial charge on any atom is 0.340 e. The molecule has 142 valence electrons. The van der Waals surface area contributed by atoms with Crippen molar-refractivity contribution < 1.29 is 19.1 Å². The topological polar surface area (TPSA) is 64.6 Å². The summed E-state index contributed by atoms with van der Waals surface area (Å²) < 4.78 is 10.8. The van der Waals surface area contributed by atoms with Gasteiger partial charge in [-0.1, -0.05) is 48.0 Å². The second-order valence-electron chi connectivity index (χ2n) is 6.16. The van der Waals surface area contributed by atoms with Crippen LogP contribution in [0.1, 0.15) is 26.3 Å². The highest BCUT2D eigenvalue weighted by atomic mass is 16.6. The molecule has 1 N–H and O–H groups in total. The molecule has 1 amide bonds. The van der Waals surface area contributed by atoms with Crippen LogP contribution in [0, 0.1) is 6.92 Å². The average Bonchev–Trinajstić information content (AvgIpc) is 2.73. The highest BCUT2D eigenvalue weighted by Crippen LogP contribution is 2.18. The lowest BCUT2D eigenvalue weighted by molar-refractivity contribution is 0.0451. The Morgan fingerprint density at radius 2 is 1.50 bits per heavy atom. The molecule has 0 heterocycles. The number of benzene rings is 3. The van der Waals surface area contributed by atoms with E-state index in [2.05, 4.69) is 5.32 Å². The molecule has 5 nitrogen and oxygen atoms in total. The number of amides is 1. The number of anilines is 1. The quantitative estimate of drug-likeness (QED) is 0.488. The van der Waals surface area contributed by atoms with E-state index < -0.39 is 5.97 Å². The lowest BCUT2D eigenvalue weighted by Gasteiger charge is -2.11. The summed E-state index contributed by atoms with van der Waals surface area (Å²) in [4.78, 5) is 24.8. The molecule has 0 saturated carbocycles. The number of hydrogen-bond donors (Lipinski definition) is 1. The van der Waals surface area contributed by atoms with Crippen molar-refractivity contribution in [3.05, 3.63) is 95.6 Å². The molecule has 28 heavy (non-hydrogen) atoms. The van der Waals surface area contributed by atoms with Gasteiger partial charge in [0, 0.05) is 5.56 Å². The molecule has 3 rings (SSSR count). The van der Waals surface area contributed by atoms with E-state index in [1.165, 1.54) is 0 Å². The second kappa shape index (κ2) is 9.37. The van der Waals surface area contributed by atoms with E-state index in [9.17, 15) is 9.59 Å². The van der Waals surface area contributed by atoms with Gasteiger partial charge in [-0.25, -0.2) is 4.79 Å². The Morgan fingerprint density at radius 1 is 0.821 bits per heavy atom. The van der Waals surface area contributed by atoms with Crippen LogP contribution in [0.5, 0.6) is 5.75 Å². The molecule has 0 aliphatic carbocycles. The van der Waals surface area contributed by atoms with E-state index in [0.29, 0.717) is 16.8 Å². The van der Waals surface area contributed by atoms with Crippen molar-refractivity contribution in [3.8, 4) is 5.75 Å². The zero-order valence-electron chi connectivity index (χ0n) is 15.6. The minimum absolute atomic E-state index is 0.105. The van der Waals surface area contributed by atoms with E-state index in [-0.39, 0.29) is 19.1 Å². The smallest absolute Gasteiger partial charge is 0.340 e. The zero-order chi connectivity index (χ0) is 19.8. The lowest BCUT2D eigenvalue weighted by atomic mass is 10.1. The van der Waals surface area contributed by atoms with Gasteiger partial charge in [0.05, 0.1) is 11.3 Å². The summed E-state index contributed by atoms with van der Waals surface area (Å²) in [5.74, 6) is -0.0859. The molecule has 5 heteroatoms. The van der Waals surface area contributed by atoms with Crippen LogP contribution in [-0.4, -0.2) is 25.1 Å². The third kappa shape index (κ3) is 5.20. The normalized spacial score (nSPS) is 10.2. The number of rotatable bonds is 7. The van der Waals surface area contributed by atoms with Gasteiger partial charge in [-0.2, -0.15) is 0 Å². The first-order chi connectivity index (χ1) is 13.6. The highest BCUT2D eigenvalue weighted by molar-refractivity contribution is 6.07. The monoisotopic (exact) mass is 375 g/mol. The number of nitrogens with one attached hydrogen (secondary N) is 1. The summed E-state index contributed by atoms with van der Waals surface area (Å²) in [6.45, 7) is 2.35. The predicted octanol–water partition coefficient (Wildman–Crippen LogP) is 4.48. The van der Waals surface area contributed by atoms with E-state index in [1.807, 2.05) is 37.3 Å². The molecule has 0 aromatic heterocycles. The molecular formula is C23H21NO4. The van der Waals surface area contributed by atoms with Gasteiger partial charge < -0.3 is 14.8 Å². The minimum atomic E-state index is -0.517. The van der Waals surface area contributed by atoms with E-state index in [4.69, 9.17) is 9.47 Å². The number of carbonyl (C=O) groups excluding carboxylic acids is 2. The molecule has 0 aliphatic heterocycles. The third-order valence-corrected chi connectivity index (χ3v) is 4.04. The Balaban J connectivity index is 1.56. The Bertz CT molecular complexity index is 936. The van der Waals surface area contributed by atoms with Crippen LogP contribution in [0.2, 0.25) is 0 Å². The molecule has 0 bridgehead atoms. The molecule has 3 aromatic rings. The van der Waals surface area contributed by atoms with Crippen LogP contribution in [-0.2, 0) is 4.74 Å². The third-order valence-electron chi connectivity index (χ3n) is 4.04. The van der Waals surface area contributed by atoms with Gasteiger partial charge >= 0.3 is 5.97 Å². The number of para-hydroxylation sites is 1. The molecule has 0 fully saturated rings. The summed E-state index contributed by atoms with van der Waals surface area (Å²) in [6, 6.07) is 23.2. The molecule has 0 atom stereocenters. The first kappa shape index (κ1) is 19.2. The number of aryl methyl sites for hydroxylation is 1. The van der Waals surface area contributed by atoms with E-state index in [1.54, 1.807) is 48.5 Å². The van der Waals surface area contributed by atoms with Crippen LogP contribution in [0.15, 0.2) is 78.9 Å². The standard InChI is InChI=1S/C23H21NO4/c1-17-11-13-19(14-12-17)27-15-16-28-23(26)20-9-5-6-10-21(20)24-22(25)18-7-3-2-4-8-18/h2-14H,15-16H2,1H3,(H,24,25). The zero-order valence-corrected chi connectivity index (χ0v) is 15.6. The number of ether oxygens (including phenoxy) is 2. The van der Waals surface area contributed by atoms with Gasteiger partial charge in [-0.15, -0.1) is 0 Å². The molecule has 0 aliphatic rings. The average molecular weight is 375 g/mol. The van der Waals surface area contributed by atoms with E-state index in [0.717, 1.165) is 11.3 Å². The fourth-order valence-electron chi connectivity index (χ4n) is 2.56. The van der Waals surface area contributed by atoms with Crippen molar-refractivity contribution in [3.63, 3.8) is 0 Å². The molecule has 0 unspecified atom stereocenters.